The molecule has 1 aliphatic rings. The molecule has 0 aliphatic heterocycles. The van der Waals surface area contributed by atoms with Gasteiger partial charge < -0.3 is 10.4 Å². The molecule has 1 aliphatic carbocycles. The molecule has 76 valence electrons. The van der Waals surface area contributed by atoms with E-state index in [1.165, 1.54) is 19.3 Å². The Morgan fingerprint density at radius 1 is 1.54 bits per heavy atom. The van der Waals surface area contributed by atoms with Crippen LogP contribution in [0.1, 0.15) is 39.0 Å². The van der Waals surface area contributed by atoms with Crippen molar-refractivity contribution < 1.29 is 9.90 Å². The zero-order valence-electron chi connectivity index (χ0n) is 8.25. The highest BCUT2D eigenvalue weighted by atomic mass is 16.4. The smallest absolute Gasteiger partial charge is 0.303 e. The molecule has 3 heteroatoms. The molecule has 0 radical (unpaired) electrons. The highest BCUT2D eigenvalue weighted by Gasteiger charge is 2.19. The third kappa shape index (κ3) is 4.27. The van der Waals surface area contributed by atoms with Gasteiger partial charge in [0.2, 0.25) is 0 Å². The first-order chi connectivity index (χ1) is 6.18. The Morgan fingerprint density at radius 3 is 2.85 bits per heavy atom. The summed E-state index contributed by atoms with van der Waals surface area (Å²) >= 11 is 0. The van der Waals surface area contributed by atoms with Gasteiger partial charge in [-0.1, -0.05) is 6.92 Å². The predicted molar refractivity (Wildman–Crippen MR) is 51.7 cm³/mol. The van der Waals surface area contributed by atoms with Crippen LogP contribution in [0.15, 0.2) is 0 Å². The van der Waals surface area contributed by atoms with Crippen LogP contribution < -0.4 is 5.32 Å². The van der Waals surface area contributed by atoms with Crippen LogP contribution in [0.2, 0.25) is 0 Å². The molecular formula is C10H19NO2. The van der Waals surface area contributed by atoms with Crippen LogP contribution in [0.3, 0.4) is 0 Å². The maximum atomic E-state index is 10.2. The molecule has 2 atom stereocenters. The number of hydrogen-bond donors (Lipinski definition) is 2. The van der Waals surface area contributed by atoms with E-state index in [-0.39, 0.29) is 6.42 Å². The molecule has 3 nitrogen and oxygen atoms in total. The molecule has 0 saturated heterocycles. The van der Waals surface area contributed by atoms with Crippen molar-refractivity contribution >= 4 is 5.97 Å². The first-order valence-corrected chi connectivity index (χ1v) is 5.13. The summed E-state index contributed by atoms with van der Waals surface area (Å²) in [5, 5.41) is 11.8. The molecule has 0 aromatic rings. The Balaban J connectivity index is 1.97. The Hall–Kier alpha value is -0.570. The van der Waals surface area contributed by atoms with Crippen molar-refractivity contribution in [1.82, 2.24) is 5.32 Å². The highest BCUT2D eigenvalue weighted by Crippen LogP contribution is 2.24. The number of carbonyl (C=O) groups is 1. The van der Waals surface area contributed by atoms with Gasteiger partial charge in [-0.05, 0) is 38.1 Å². The van der Waals surface area contributed by atoms with Crippen molar-refractivity contribution in [3.05, 3.63) is 0 Å². The van der Waals surface area contributed by atoms with E-state index < -0.39 is 5.97 Å². The Kier molecular flexibility index (Phi) is 4.22. The summed E-state index contributed by atoms with van der Waals surface area (Å²) < 4.78 is 0. The fraction of sp³-hybridized carbons (Fsp3) is 0.900. The molecule has 1 rings (SSSR count). The summed E-state index contributed by atoms with van der Waals surface area (Å²) in [6, 6.07) is 0.642. The van der Waals surface area contributed by atoms with E-state index in [9.17, 15) is 4.79 Å². The van der Waals surface area contributed by atoms with Gasteiger partial charge >= 0.3 is 5.97 Å². The average Bonchev–Trinajstić information content (AvgIpc) is 2.45. The monoisotopic (exact) mass is 185 g/mol. The Morgan fingerprint density at radius 2 is 2.31 bits per heavy atom. The molecule has 0 aromatic carbocycles. The lowest BCUT2D eigenvalue weighted by atomic mass is 10.1. The minimum absolute atomic E-state index is 0.287. The van der Waals surface area contributed by atoms with Crippen LogP contribution in [-0.4, -0.2) is 23.7 Å². The van der Waals surface area contributed by atoms with E-state index in [4.69, 9.17) is 5.11 Å². The van der Waals surface area contributed by atoms with Gasteiger partial charge in [-0.3, -0.25) is 4.79 Å². The summed E-state index contributed by atoms with van der Waals surface area (Å²) in [4.78, 5) is 10.2. The maximum absolute atomic E-state index is 10.2. The summed E-state index contributed by atoms with van der Waals surface area (Å²) in [5.41, 5.74) is 0. The second-order valence-corrected chi connectivity index (χ2v) is 4.07. The lowest BCUT2D eigenvalue weighted by Crippen LogP contribution is -2.27. The van der Waals surface area contributed by atoms with Crippen molar-refractivity contribution in [3.63, 3.8) is 0 Å². The first-order valence-electron chi connectivity index (χ1n) is 5.13. The highest BCUT2D eigenvalue weighted by molar-refractivity contribution is 5.66. The van der Waals surface area contributed by atoms with Gasteiger partial charge in [0.05, 0.1) is 0 Å². The molecule has 1 fully saturated rings. The number of carboxylic acids is 1. The average molecular weight is 185 g/mol. The number of carboxylic acid groups (broad SMARTS) is 1. The predicted octanol–water partition coefficient (Wildman–Crippen LogP) is 1.63. The van der Waals surface area contributed by atoms with Crippen molar-refractivity contribution in [1.29, 1.82) is 0 Å². The molecule has 2 unspecified atom stereocenters. The summed E-state index contributed by atoms with van der Waals surface area (Å²) in [7, 11) is 0. The Labute approximate surface area is 79.5 Å². The normalized spacial score (nSPS) is 27.8. The molecule has 0 heterocycles. The number of hydrogen-bond acceptors (Lipinski definition) is 2. The van der Waals surface area contributed by atoms with Crippen molar-refractivity contribution in [2.75, 3.05) is 6.54 Å². The van der Waals surface area contributed by atoms with E-state index >= 15 is 0 Å². The second kappa shape index (κ2) is 5.22. The minimum Gasteiger partial charge on any atom is -0.481 e. The van der Waals surface area contributed by atoms with Crippen molar-refractivity contribution in [2.45, 2.75) is 45.1 Å². The zero-order valence-corrected chi connectivity index (χ0v) is 8.25. The van der Waals surface area contributed by atoms with Crippen LogP contribution in [0.25, 0.3) is 0 Å². The van der Waals surface area contributed by atoms with E-state index in [1.807, 2.05) is 0 Å². The van der Waals surface area contributed by atoms with Crippen LogP contribution in [0.5, 0.6) is 0 Å². The number of aliphatic carboxylic acids is 1. The van der Waals surface area contributed by atoms with Crippen molar-refractivity contribution in [3.8, 4) is 0 Å². The van der Waals surface area contributed by atoms with Crippen LogP contribution in [0, 0.1) is 5.92 Å². The molecule has 1 saturated carbocycles. The van der Waals surface area contributed by atoms with E-state index in [0.717, 1.165) is 18.9 Å². The zero-order chi connectivity index (χ0) is 9.68. The maximum Gasteiger partial charge on any atom is 0.303 e. The number of rotatable bonds is 5. The van der Waals surface area contributed by atoms with Gasteiger partial charge in [-0.2, -0.15) is 0 Å². The van der Waals surface area contributed by atoms with Crippen LogP contribution in [-0.2, 0) is 4.79 Å². The lowest BCUT2D eigenvalue weighted by Gasteiger charge is -2.11. The summed E-state index contributed by atoms with van der Waals surface area (Å²) in [5.74, 6) is 0.151. The third-order valence-electron chi connectivity index (χ3n) is 2.70. The third-order valence-corrected chi connectivity index (χ3v) is 2.70. The molecular weight excluding hydrogens is 166 g/mol. The van der Waals surface area contributed by atoms with Crippen molar-refractivity contribution in [2.24, 2.45) is 5.92 Å². The first kappa shape index (κ1) is 10.5. The second-order valence-electron chi connectivity index (χ2n) is 4.07. The SMILES string of the molecule is CC1CCC(NCCCC(=O)O)C1. The molecule has 2 N–H and O–H groups in total. The molecule has 13 heavy (non-hydrogen) atoms. The van der Waals surface area contributed by atoms with Gasteiger partial charge in [0.15, 0.2) is 0 Å². The van der Waals surface area contributed by atoms with Crippen LogP contribution >= 0.6 is 0 Å². The van der Waals surface area contributed by atoms with E-state index in [0.29, 0.717) is 6.04 Å². The fourth-order valence-corrected chi connectivity index (χ4v) is 1.94. The molecule has 0 amide bonds. The van der Waals surface area contributed by atoms with Gasteiger partial charge in [-0.25, -0.2) is 0 Å². The van der Waals surface area contributed by atoms with Gasteiger partial charge in [0.25, 0.3) is 0 Å². The van der Waals surface area contributed by atoms with Gasteiger partial charge in [0.1, 0.15) is 0 Å². The minimum atomic E-state index is -0.693. The Bertz CT molecular complexity index is 170. The standard InChI is InChI=1S/C10H19NO2/c1-8-4-5-9(7-8)11-6-2-3-10(12)13/h8-9,11H,2-7H2,1H3,(H,12,13). The lowest BCUT2D eigenvalue weighted by molar-refractivity contribution is -0.137. The van der Waals surface area contributed by atoms with Gasteiger partial charge in [-0.15, -0.1) is 0 Å². The van der Waals surface area contributed by atoms with Gasteiger partial charge in [0, 0.05) is 12.5 Å². The molecule has 0 spiro atoms. The topological polar surface area (TPSA) is 49.3 Å². The van der Waals surface area contributed by atoms with E-state index in [1.54, 1.807) is 0 Å². The molecule has 0 aromatic heterocycles. The molecule has 0 bridgehead atoms. The summed E-state index contributed by atoms with van der Waals surface area (Å²) in [6.45, 7) is 3.13. The fourth-order valence-electron chi connectivity index (χ4n) is 1.94. The van der Waals surface area contributed by atoms with Crippen LogP contribution in [0.4, 0.5) is 0 Å². The summed E-state index contributed by atoms with van der Waals surface area (Å²) in [6.07, 6.45) is 4.87. The van der Waals surface area contributed by atoms with E-state index in [2.05, 4.69) is 12.2 Å². The largest absolute Gasteiger partial charge is 0.481 e. The number of nitrogens with one attached hydrogen (secondary N) is 1. The quantitative estimate of drug-likeness (QED) is 0.640.